The Balaban J connectivity index is 1.60. The lowest BCUT2D eigenvalue weighted by Crippen LogP contribution is -2.60. The number of thiazole rings is 1. The van der Waals surface area contributed by atoms with E-state index in [1.54, 1.807) is 42.7 Å². The van der Waals surface area contributed by atoms with Crippen LogP contribution >= 0.6 is 11.3 Å². The molecule has 1 fully saturated rings. The lowest BCUT2D eigenvalue weighted by atomic mass is 9.86. The van der Waals surface area contributed by atoms with E-state index in [-0.39, 0.29) is 37.4 Å². The van der Waals surface area contributed by atoms with E-state index in [9.17, 15) is 29.4 Å². The molecule has 1 aliphatic heterocycles. The molecule has 5 N–H and O–H groups in total. The van der Waals surface area contributed by atoms with Crippen LogP contribution < -0.4 is 16.1 Å². The average Bonchev–Trinajstić information content (AvgIpc) is 3.73. The van der Waals surface area contributed by atoms with Crippen molar-refractivity contribution in [2.24, 2.45) is 11.3 Å². The second kappa shape index (κ2) is 20.0. The van der Waals surface area contributed by atoms with E-state index in [1.807, 2.05) is 81.6 Å². The number of ether oxygens (including phenoxy) is 1. The molecule has 5 amide bonds. The summed E-state index contributed by atoms with van der Waals surface area (Å²) in [6, 6.07) is 12.4. The molecule has 0 saturated carbocycles. The van der Waals surface area contributed by atoms with Gasteiger partial charge in [-0.3, -0.25) is 15.0 Å². The molecule has 1 aliphatic rings. The number of carboxylic acid groups (broad SMARTS) is 1. The maximum atomic E-state index is 14.4. The van der Waals surface area contributed by atoms with Crippen molar-refractivity contribution in [3.8, 4) is 0 Å². The molecule has 2 aromatic carbocycles. The summed E-state index contributed by atoms with van der Waals surface area (Å²) in [4.78, 5) is 61.6. The van der Waals surface area contributed by atoms with Crippen LogP contribution in [0.5, 0.6) is 0 Å². The molecule has 306 valence electrons. The number of methoxy groups -OCH3 is 1. The molecule has 0 radical (unpaired) electrons. The van der Waals surface area contributed by atoms with Gasteiger partial charge in [0.15, 0.2) is 0 Å². The highest BCUT2D eigenvalue weighted by atomic mass is 32.1. The van der Waals surface area contributed by atoms with Gasteiger partial charge in [0.05, 0.1) is 31.0 Å². The Hall–Kier alpha value is -4.57. The summed E-state index contributed by atoms with van der Waals surface area (Å²) in [5.74, 6) is -1.16. The van der Waals surface area contributed by atoms with Gasteiger partial charge >= 0.3 is 12.1 Å². The summed E-state index contributed by atoms with van der Waals surface area (Å²) in [7, 11) is 1.61. The molecule has 3 aromatic rings. The number of carbonyl (C=O) groups is 4. The van der Waals surface area contributed by atoms with Gasteiger partial charge in [-0.25, -0.2) is 19.6 Å². The number of aryl methyl sites for hydroxylation is 2. The number of carbonyl (C=O) groups excluding carboxylic acids is 3. The number of aliphatic hydroxyl groups excluding tert-OH is 1. The van der Waals surface area contributed by atoms with Crippen molar-refractivity contribution in [2.75, 3.05) is 26.7 Å². The van der Waals surface area contributed by atoms with E-state index in [2.05, 4.69) is 21.0 Å². The van der Waals surface area contributed by atoms with Gasteiger partial charge in [0.25, 0.3) is 5.91 Å². The Morgan fingerprint density at radius 3 is 2.36 bits per heavy atom. The number of hydrogen-bond acceptors (Lipinski definition) is 9. The van der Waals surface area contributed by atoms with E-state index in [1.165, 1.54) is 11.3 Å². The standard InChI is InChI=1S/C41H59N7O7S/c1-9-26(2)35(48-18-17-46(40(48)54)22-31-25-56-34(42-31)24-55-8)37(50)43-32(20-29-13-11-10-12-14-29)33(49)23-47(21-30-16-15-27(3)28(4)19-30)45-38(51)36(41(5,6)7)44-39(52)53/h10-16,19,25-26,32-33,35-36,44,49H,9,17-18,20-24H2,1-8H3,(H,43,50)(H,45,51)(H,52,53)/t26-,32-,33-,35-,36+/m0/s1. The highest BCUT2D eigenvalue weighted by Crippen LogP contribution is 2.24. The summed E-state index contributed by atoms with van der Waals surface area (Å²) in [6.45, 7) is 14.8. The molecule has 14 nitrogen and oxygen atoms in total. The Bertz CT molecular complexity index is 1780. The number of hydrazine groups is 1. The highest BCUT2D eigenvalue weighted by molar-refractivity contribution is 7.09. The smallest absolute Gasteiger partial charge is 0.405 e. The molecular weight excluding hydrogens is 735 g/mol. The number of aromatic nitrogens is 1. The van der Waals surface area contributed by atoms with Gasteiger partial charge in [-0.2, -0.15) is 0 Å². The number of rotatable bonds is 19. The van der Waals surface area contributed by atoms with E-state index in [4.69, 9.17) is 4.74 Å². The van der Waals surface area contributed by atoms with Crippen molar-refractivity contribution in [2.45, 2.75) is 105 Å². The summed E-state index contributed by atoms with van der Waals surface area (Å²) in [5.41, 5.74) is 6.76. The van der Waals surface area contributed by atoms with Crippen LogP contribution in [-0.2, 0) is 40.4 Å². The third-order valence-corrected chi connectivity index (χ3v) is 11.1. The van der Waals surface area contributed by atoms with Crippen LogP contribution in [0.25, 0.3) is 0 Å². The minimum atomic E-state index is -1.33. The fourth-order valence-corrected chi connectivity index (χ4v) is 7.56. The van der Waals surface area contributed by atoms with Crippen molar-refractivity contribution in [1.29, 1.82) is 0 Å². The number of amides is 5. The van der Waals surface area contributed by atoms with Gasteiger partial charge in [-0.1, -0.05) is 89.6 Å². The molecule has 2 heterocycles. The zero-order chi connectivity index (χ0) is 41.2. The summed E-state index contributed by atoms with van der Waals surface area (Å²) in [5, 5.41) is 31.3. The minimum Gasteiger partial charge on any atom is -0.465 e. The van der Waals surface area contributed by atoms with Crippen LogP contribution in [0.3, 0.4) is 0 Å². The first-order valence-corrected chi connectivity index (χ1v) is 20.0. The first-order chi connectivity index (χ1) is 26.5. The number of nitrogens with one attached hydrogen (secondary N) is 3. The fourth-order valence-electron chi connectivity index (χ4n) is 6.81. The number of urea groups is 1. The van der Waals surface area contributed by atoms with Crippen molar-refractivity contribution >= 4 is 35.3 Å². The summed E-state index contributed by atoms with van der Waals surface area (Å²) >= 11 is 1.47. The Labute approximate surface area is 334 Å². The normalized spacial score (nSPS) is 16.0. The van der Waals surface area contributed by atoms with Crippen molar-refractivity contribution < 1.29 is 34.1 Å². The largest absolute Gasteiger partial charge is 0.465 e. The molecule has 56 heavy (non-hydrogen) atoms. The predicted molar refractivity (Wildman–Crippen MR) is 216 cm³/mol. The quantitative estimate of drug-likeness (QED) is 0.106. The zero-order valence-electron chi connectivity index (χ0n) is 33.9. The third-order valence-electron chi connectivity index (χ3n) is 10.2. The second-order valence-electron chi connectivity index (χ2n) is 15.8. The predicted octanol–water partition coefficient (Wildman–Crippen LogP) is 4.86. The molecule has 0 aliphatic carbocycles. The van der Waals surface area contributed by atoms with Gasteiger partial charge in [0.2, 0.25) is 5.91 Å². The van der Waals surface area contributed by atoms with Gasteiger partial charge in [-0.15, -0.1) is 11.3 Å². The lowest BCUT2D eigenvalue weighted by molar-refractivity contribution is -0.132. The maximum Gasteiger partial charge on any atom is 0.405 e. The van der Waals surface area contributed by atoms with Crippen LogP contribution in [0.15, 0.2) is 53.9 Å². The number of aliphatic hydroxyl groups is 1. The molecule has 0 spiro atoms. The monoisotopic (exact) mass is 793 g/mol. The average molecular weight is 794 g/mol. The molecule has 4 rings (SSSR count). The Morgan fingerprint density at radius 2 is 1.73 bits per heavy atom. The van der Waals surface area contributed by atoms with Crippen LogP contribution in [0.4, 0.5) is 9.59 Å². The van der Waals surface area contributed by atoms with Crippen LogP contribution in [0, 0.1) is 25.2 Å². The lowest BCUT2D eigenvalue weighted by Gasteiger charge is -2.36. The SMILES string of the molecule is CC[C@H](C)[C@@H](C(=O)N[C@@H](Cc1ccccc1)[C@@H](O)CN(Cc1ccc(C)c(C)c1)NC(=O)[C@@H](NC(=O)O)C(C)(C)C)N1CCN(Cc2csc(COC)n2)C1=O. The van der Waals surface area contributed by atoms with E-state index >= 15 is 0 Å². The number of nitrogens with zero attached hydrogens (tertiary/aromatic N) is 4. The number of hydrogen-bond donors (Lipinski definition) is 5. The van der Waals surface area contributed by atoms with Crippen molar-refractivity contribution in [1.82, 2.24) is 35.9 Å². The number of benzene rings is 2. The minimum absolute atomic E-state index is 0.108. The first kappa shape index (κ1) is 44.1. The molecular formula is C41H59N7O7S. The van der Waals surface area contributed by atoms with Gasteiger partial charge in [-0.05, 0) is 53.9 Å². The molecule has 5 atom stereocenters. The van der Waals surface area contributed by atoms with E-state index in [0.29, 0.717) is 32.7 Å². The van der Waals surface area contributed by atoms with Crippen molar-refractivity contribution in [3.63, 3.8) is 0 Å². The van der Waals surface area contributed by atoms with Crippen LogP contribution in [-0.4, -0.2) is 105 Å². The maximum absolute atomic E-state index is 14.4. The molecule has 15 heteroatoms. The molecule has 1 saturated heterocycles. The molecule has 0 bridgehead atoms. The van der Waals surface area contributed by atoms with Gasteiger partial charge in [0.1, 0.15) is 17.1 Å². The van der Waals surface area contributed by atoms with Crippen molar-refractivity contribution in [3.05, 3.63) is 86.9 Å². The van der Waals surface area contributed by atoms with Gasteiger partial charge in [0, 0.05) is 38.7 Å². The van der Waals surface area contributed by atoms with E-state index < -0.39 is 41.6 Å². The van der Waals surface area contributed by atoms with Crippen LogP contribution in [0.1, 0.15) is 74.0 Å². The Morgan fingerprint density at radius 1 is 1.02 bits per heavy atom. The van der Waals surface area contributed by atoms with Crippen LogP contribution in [0.2, 0.25) is 0 Å². The second-order valence-corrected chi connectivity index (χ2v) is 16.7. The summed E-state index contributed by atoms with van der Waals surface area (Å²) < 4.78 is 5.19. The highest BCUT2D eigenvalue weighted by Gasteiger charge is 2.41. The molecule has 0 unspecified atom stereocenters. The zero-order valence-corrected chi connectivity index (χ0v) is 34.7. The fraction of sp³-hybridized carbons (Fsp3) is 0.537. The van der Waals surface area contributed by atoms with Gasteiger partial charge < -0.3 is 35.4 Å². The summed E-state index contributed by atoms with van der Waals surface area (Å²) in [6.07, 6.45) is -1.64. The Kier molecular flexibility index (Phi) is 15.8. The first-order valence-electron chi connectivity index (χ1n) is 19.1. The molecule has 1 aromatic heterocycles. The topological polar surface area (TPSA) is 177 Å². The third kappa shape index (κ3) is 12.2. The van der Waals surface area contributed by atoms with E-state index in [0.717, 1.165) is 33.0 Å².